The normalized spacial score (nSPS) is 21.6. The molecule has 1 fully saturated rings. The number of carbonyl (C=O) groups is 1. The number of ether oxygens (including phenoxy) is 1. The average molecular weight is 342 g/mol. The molecule has 1 amide bonds. The van der Waals surface area contributed by atoms with Gasteiger partial charge in [0.05, 0.1) is 18.6 Å². The molecule has 0 aromatic carbocycles. The second-order valence-electron chi connectivity index (χ2n) is 7.07. The molecule has 1 saturated heterocycles. The molecule has 1 aliphatic heterocycles. The molecule has 1 heterocycles. The summed E-state index contributed by atoms with van der Waals surface area (Å²) in [5.41, 5.74) is -0.600. The van der Waals surface area contributed by atoms with Gasteiger partial charge in [-0.3, -0.25) is 9.79 Å². The molecule has 0 aliphatic carbocycles. The Bertz CT molecular complexity index is 418. The molecular formula is C17H34N4O3. The number of hydrogen-bond acceptors (Lipinski definition) is 4. The lowest BCUT2D eigenvalue weighted by Gasteiger charge is -2.28. The van der Waals surface area contributed by atoms with Crippen LogP contribution < -0.4 is 16.0 Å². The Morgan fingerprint density at radius 1 is 1.25 bits per heavy atom. The lowest BCUT2D eigenvalue weighted by Crippen LogP contribution is -2.45. The summed E-state index contributed by atoms with van der Waals surface area (Å²) < 4.78 is 5.51. The van der Waals surface area contributed by atoms with E-state index in [-0.39, 0.29) is 17.9 Å². The first-order valence-corrected chi connectivity index (χ1v) is 8.88. The molecule has 1 atom stereocenters. The number of aliphatic imine (C=N–C) groups is 1. The fourth-order valence-electron chi connectivity index (χ4n) is 2.67. The van der Waals surface area contributed by atoms with Gasteiger partial charge in [0.2, 0.25) is 5.91 Å². The van der Waals surface area contributed by atoms with E-state index in [0.29, 0.717) is 38.6 Å². The largest absolute Gasteiger partial charge is 0.396 e. The number of hydrogen-bond donors (Lipinski definition) is 4. The zero-order chi connectivity index (χ0) is 18.1. The SMILES string of the molecule is CCNC(=O)C(C)(C)CN=C(NCC)NCC1(CCO)CCOC1. The maximum absolute atomic E-state index is 12.1. The fourth-order valence-corrected chi connectivity index (χ4v) is 2.67. The van der Waals surface area contributed by atoms with Gasteiger partial charge in [0.15, 0.2) is 5.96 Å². The molecule has 0 aromatic heterocycles. The molecule has 0 aromatic rings. The first-order chi connectivity index (χ1) is 11.4. The maximum atomic E-state index is 12.1. The summed E-state index contributed by atoms with van der Waals surface area (Å²) in [6.45, 7) is 11.7. The summed E-state index contributed by atoms with van der Waals surface area (Å²) in [5.74, 6) is 0.699. The second kappa shape index (κ2) is 9.84. The van der Waals surface area contributed by atoms with Crippen molar-refractivity contribution in [2.24, 2.45) is 15.8 Å². The molecule has 4 N–H and O–H groups in total. The lowest BCUT2D eigenvalue weighted by molar-refractivity contribution is -0.128. The van der Waals surface area contributed by atoms with Crippen LogP contribution in [-0.2, 0) is 9.53 Å². The zero-order valence-corrected chi connectivity index (χ0v) is 15.6. The topological polar surface area (TPSA) is 95.0 Å². The van der Waals surface area contributed by atoms with Crippen molar-refractivity contribution < 1.29 is 14.6 Å². The highest BCUT2D eigenvalue weighted by atomic mass is 16.5. The molecule has 1 unspecified atom stereocenters. The number of rotatable bonds is 9. The minimum atomic E-state index is -0.558. The van der Waals surface area contributed by atoms with Crippen molar-refractivity contribution in [2.75, 3.05) is 46.0 Å². The number of guanidine groups is 1. The van der Waals surface area contributed by atoms with Crippen LogP contribution in [0.5, 0.6) is 0 Å². The molecule has 140 valence electrons. The van der Waals surface area contributed by atoms with Crippen LogP contribution in [0.25, 0.3) is 0 Å². The van der Waals surface area contributed by atoms with E-state index >= 15 is 0 Å². The Morgan fingerprint density at radius 3 is 2.50 bits per heavy atom. The Labute approximate surface area is 145 Å². The smallest absolute Gasteiger partial charge is 0.227 e. The summed E-state index contributed by atoms with van der Waals surface area (Å²) in [7, 11) is 0. The number of carbonyl (C=O) groups excluding carboxylic acids is 1. The molecule has 7 heteroatoms. The van der Waals surface area contributed by atoms with E-state index < -0.39 is 5.41 Å². The van der Waals surface area contributed by atoms with Gasteiger partial charge in [-0.2, -0.15) is 0 Å². The van der Waals surface area contributed by atoms with E-state index in [9.17, 15) is 9.90 Å². The van der Waals surface area contributed by atoms with Gasteiger partial charge in [-0.15, -0.1) is 0 Å². The van der Waals surface area contributed by atoms with Crippen molar-refractivity contribution in [1.82, 2.24) is 16.0 Å². The highest BCUT2D eigenvalue weighted by molar-refractivity contribution is 5.83. The van der Waals surface area contributed by atoms with Crippen molar-refractivity contribution in [3.63, 3.8) is 0 Å². The monoisotopic (exact) mass is 342 g/mol. The predicted octanol–water partition coefficient (Wildman–Crippen LogP) is 0.493. The first kappa shape index (κ1) is 20.7. The summed E-state index contributed by atoms with van der Waals surface area (Å²) >= 11 is 0. The maximum Gasteiger partial charge on any atom is 0.227 e. The van der Waals surface area contributed by atoms with Crippen molar-refractivity contribution in [1.29, 1.82) is 0 Å². The molecule has 24 heavy (non-hydrogen) atoms. The molecular weight excluding hydrogens is 308 g/mol. The molecule has 1 aliphatic rings. The highest BCUT2D eigenvalue weighted by Gasteiger charge is 2.34. The number of nitrogens with one attached hydrogen (secondary N) is 3. The van der Waals surface area contributed by atoms with Crippen molar-refractivity contribution in [3.8, 4) is 0 Å². The lowest BCUT2D eigenvalue weighted by atomic mass is 9.84. The van der Waals surface area contributed by atoms with Gasteiger partial charge >= 0.3 is 0 Å². The summed E-state index contributed by atoms with van der Waals surface area (Å²) in [6, 6.07) is 0. The van der Waals surface area contributed by atoms with Gasteiger partial charge in [-0.1, -0.05) is 0 Å². The Morgan fingerprint density at radius 2 is 1.96 bits per heavy atom. The molecule has 0 radical (unpaired) electrons. The number of amides is 1. The number of nitrogens with zero attached hydrogens (tertiary/aromatic N) is 1. The van der Waals surface area contributed by atoms with Crippen molar-refractivity contribution >= 4 is 11.9 Å². The summed E-state index contributed by atoms with van der Waals surface area (Å²) in [4.78, 5) is 16.6. The van der Waals surface area contributed by atoms with E-state index in [2.05, 4.69) is 20.9 Å². The summed E-state index contributed by atoms with van der Waals surface area (Å²) in [6.07, 6.45) is 1.65. The van der Waals surface area contributed by atoms with Crippen LogP contribution in [0.15, 0.2) is 4.99 Å². The third-order valence-electron chi connectivity index (χ3n) is 4.39. The van der Waals surface area contributed by atoms with Gasteiger partial charge in [0, 0.05) is 38.3 Å². The first-order valence-electron chi connectivity index (χ1n) is 8.88. The van der Waals surface area contributed by atoms with Crippen LogP contribution >= 0.6 is 0 Å². The minimum Gasteiger partial charge on any atom is -0.396 e. The zero-order valence-electron chi connectivity index (χ0n) is 15.6. The van der Waals surface area contributed by atoms with E-state index in [4.69, 9.17) is 4.74 Å². The number of aliphatic hydroxyl groups is 1. The molecule has 1 rings (SSSR count). The van der Waals surface area contributed by atoms with E-state index in [1.54, 1.807) is 0 Å². The summed E-state index contributed by atoms with van der Waals surface area (Å²) in [5, 5.41) is 18.7. The second-order valence-corrected chi connectivity index (χ2v) is 7.07. The third kappa shape index (κ3) is 6.28. The standard InChI is InChI=1S/C17H34N4O3/c1-5-18-14(23)16(3,4)11-20-15(19-6-2)21-12-17(7-9-22)8-10-24-13-17/h22H,5-13H2,1-4H3,(H,18,23)(H2,19,20,21). The Balaban J connectivity index is 2.66. The Kier molecular flexibility index (Phi) is 8.48. The van der Waals surface area contributed by atoms with Crippen molar-refractivity contribution in [3.05, 3.63) is 0 Å². The van der Waals surface area contributed by atoms with Gasteiger partial charge < -0.3 is 25.8 Å². The van der Waals surface area contributed by atoms with E-state index in [1.165, 1.54) is 0 Å². The molecule has 0 spiro atoms. The minimum absolute atomic E-state index is 0.00513. The average Bonchev–Trinajstić information content (AvgIpc) is 2.99. The number of aliphatic hydroxyl groups excluding tert-OH is 1. The van der Waals surface area contributed by atoms with Crippen LogP contribution in [-0.4, -0.2) is 63.0 Å². The van der Waals surface area contributed by atoms with Crippen LogP contribution in [0.2, 0.25) is 0 Å². The van der Waals surface area contributed by atoms with Crippen LogP contribution in [0, 0.1) is 10.8 Å². The quantitative estimate of drug-likeness (QED) is 0.361. The van der Waals surface area contributed by atoms with Gasteiger partial charge in [-0.25, -0.2) is 0 Å². The molecule has 7 nitrogen and oxygen atoms in total. The highest BCUT2D eigenvalue weighted by Crippen LogP contribution is 2.31. The van der Waals surface area contributed by atoms with E-state index in [0.717, 1.165) is 19.6 Å². The predicted molar refractivity (Wildman–Crippen MR) is 96.0 cm³/mol. The van der Waals surface area contributed by atoms with Crippen molar-refractivity contribution in [2.45, 2.75) is 40.5 Å². The molecule has 0 saturated carbocycles. The van der Waals surface area contributed by atoms with Crippen LogP contribution in [0.4, 0.5) is 0 Å². The molecule has 0 bridgehead atoms. The van der Waals surface area contributed by atoms with Crippen LogP contribution in [0.3, 0.4) is 0 Å². The van der Waals surface area contributed by atoms with Crippen LogP contribution in [0.1, 0.15) is 40.5 Å². The van der Waals surface area contributed by atoms with Gasteiger partial charge in [-0.05, 0) is 40.5 Å². The van der Waals surface area contributed by atoms with E-state index in [1.807, 2.05) is 27.7 Å². The van der Waals surface area contributed by atoms with Gasteiger partial charge in [0.25, 0.3) is 0 Å². The Hall–Kier alpha value is -1.34. The van der Waals surface area contributed by atoms with Gasteiger partial charge in [0.1, 0.15) is 0 Å². The third-order valence-corrected chi connectivity index (χ3v) is 4.39. The fraction of sp³-hybridized carbons (Fsp3) is 0.882.